The van der Waals surface area contributed by atoms with Crippen molar-refractivity contribution in [1.82, 2.24) is 14.9 Å². The summed E-state index contributed by atoms with van der Waals surface area (Å²) in [6.07, 6.45) is 3.68. The minimum absolute atomic E-state index is 0.120. The molecule has 1 aliphatic heterocycles. The van der Waals surface area contributed by atoms with E-state index in [2.05, 4.69) is 14.9 Å². The van der Waals surface area contributed by atoms with E-state index in [-0.39, 0.29) is 5.92 Å². The molecule has 6 nitrogen and oxygen atoms in total. The maximum Gasteiger partial charge on any atom is 0.307 e. The van der Waals surface area contributed by atoms with E-state index >= 15 is 0 Å². The topological polar surface area (TPSA) is 75.5 Å². The molecule has 1 N–H and O–H groups in total. The number of hydrogen-bond acceptors (Lipinski definition) is 5. The lowest BCUT2D eigenvalue weighted by atomic mass is 10.2. The number of aliphatic carboxylic acids is 1. The highest BCUT2D eigenvalue weighted by atomic mass is 16.5. The summed E-state index contributed by atoms with van der Waals surface area (Å²) in [6, 6.07) is 7.68. The molecule has 0 bridgehead atoms. The van der Waals surface area contributed by atoms with Crippen LogP contribution in [0.15, 0.2) is 36.7 Å². The highest BCUT2D eigenvalue weighted by molar-refractivity contribution is 5.74. The van der Waals surface area contributed by atoms with Gasteiger partial charge in [-0.05, 0) is 24.0 Å². The highest BCUT2D eigenvalue weighted by Gasteiger charge is 2.59. The highest BCUT2D eigenvalue weighted by Crippen LogP contribution is 2.51. The van der Waals surface area contributed by atoms with Gasteiger partial charge in [0.25, 0.3) is 0 Å². The lowest BCUT2D eigenvalue weighted by molar-refractivity contribution is -0.139. The number of benzene rings is 1. The number of rotatable bonds is 5. The zero-order valence-electron chi connectivity index (χ0n) is 13.4. The van der Waals surface area contributed by atoms with Gasteiger partial charge in [-0.1, -0.05) is 12.1 Å². The Hall–Kier alpha value is -2.47. The van der Waals surface area contributed by atoms with Crippen molar-refractivity contribution in [3.63, 3.8) is 0 Å². The molecule has 4 rings (SSSR count). The van der Waals surface area contributed by atoms with Crippen LogP contribution in [0.2, 0.25) is 0 Å². The molecule has 1 saturated heterocycles. The van der Waals surface area contributed by atoms with Gasteiger partial charge >= 0.3 is 5.97 Å². The minimum atomic E-state index is -0.644. The second kappa shape index (κ2) is 5.87. The van der Waals surface area contributed by atoms with Crippen LogP contribution in [0.5, 0.6) is 5.75 Å². The van der Waals surface area contributed by atoms with Gasteiger partial charge in [0.1, 0.15) is 5.75 Å². The van der Waals surface area contributed by atoms with E-state index < -0.39 is 5.97 Å². The molecule has 6 heteroatoms. The largest absolute Gasteiger partial charge is 0.496 e. The second-order valence-corrected chi connectivity index (χ2v) is 6.50. The van der Waals surface area contributed by atoms with E-state index in [0.717, 1.165) is 36.5 Å². The molecular weight excluding hydrogens is 306 g/mol. The molecule has 2 heterocycles. The third-order valence-electron chi connectivity index (χ3n) is 5.01. The summed E-state index contributed by atoms with van der Waals surface area (Å²) in [5, 5.41) is 9.07. The van der Waals surface area contributed by atoms with E-state index in [1.165, 1.54) is 0 Å². The van der Waals surface area contributed by atoms with Crippen LogP contribution in [0.25, 0.3) is 11.4 Å². The fraction of sp³-hybridized carbons (Fsp3) is 0.389. The number of nitrogens with zero attached hydrogens (tertiary/aromatic N) is 3. The summed E-state index contributed by atoms with van der Waals surface area (Å²) >= 11 is 0. The Kier molecular flexibility index (Phi) is 3.69. The Morgan fingerprint density at radius 2 is 1.92 bits per heavy atom. The van der Waals surface area contributed by atoms with Crippen LogP contribution in [0.1, 0.15) is 5.56 Å². The molecule has 1 saturated carbocycles. The van der Waals surface area contributed by atoms with Crippen LogP contribution in [0, 0.1) is 17.8 Å². The number of hydrogen-bond donors (Lipinski definition) is 1. The number of ether oxygens (including phenoxy) is 1. The summed E-state index contributed by atoms with van der Waals surface area (Å²) < 4.78 is 5.35. The molecule has 1 aliphatic carbocycles. The van der Waals surface area contributed by atoms with Gasteiger partial charge in [-0.15, -0.1) is 0 Å². The summed E-state index contributed by atoms with van der Waals surface area (Å²) in [6.45, 7) is 2.48. The van der Waals surface area contributed by atoms with Gasteiger partial charge in [-0.25, -0.2) is 9.97 Å². The average Bonchev–Trinajstić information content (AvgIpc) is 3.13. The number of carbonyl (C=O) groups is 1. The quantitative estimate of drug-likeness (QED) is 0.905. The van der Waals surface area contributed by atoms with Crippen molar-refractivity contribution in [2.24, 2.45) is 17.8 Å². The van der Waals surface area contributed by atoms with Crippen molar-refractivity contribution >= 4 is 5.97 Å². The number of carboxylic acids is 1. The fourth-order valence-corrected chi connectivity index (χ4v) is 3.77. The Balaban J connectivity index is 1.41. The lowest BCUT2D eigenvalue weighted by Crippen LogP contribution is -2.26. The summed E-state index contributed by atoms with van der Waals surface area (Å²) in [7, 11) is 1.64. The Morgan fingerprint density at radius 3 is 2.54 bits per heavy atom. The van der Waals surface area contributed by atoms with Gasteiger partial charge in [-0.3, -0.25) is 9.69 Å². The predicted molar refractivity (Wildman–Crippen MR) is 87.4 cm³/mol. The van der Waals surface area contributed by atoms with Crippen LogP contribution in [-0.2, 0) is 11.3 Å². The third kappa shape index (κ3) is 2.63. The average molecular weight is 325 g/mol. The first-order valence-electron chi connectivity index (χ1n) is 8.07. The normalized spacial score (nSPS) is 25.3. The molecule has 0 radical (unpaired) electrons. The maximum atomic E-state index is 11.0. The zero-order chi connectivity index (χ0) is 16.7. The molecule has 1 aromatic carbocycles. The molecule has 3 atom stereocenters. The van der Waals surface area contributed by atoms with Crippen LogP contribution in [-0.4, -0.2) is 46.1 Å². The summed E-state index contributed by atoms with van der Waals surface area (Å²) in [4.78, 5) is 22.2. The first-order valence-corrected chi connectivity index (χ1v) is 8.07. The predicted octanol–water partition coefficient (Wildman–Crippen LogP) is 1.91. The van der Waals surface area contributed by atoms with Crippen molar-refractivity contribution in [2.75, 3.05) is 20.2 Å². The monoisotopic (exact) mass is 325 g/mol. The standard InChI is InChI=1S/C18H19N3O3/c1-24-15-5-3-2-4-12(15)17-19-6-11(7-20-17)8-21-9-13-14(10-21)16(13)18(22)23/h2-7,13-14,16H,8-10H2,1H3,(H,22,23)/t13-,14+,16?. The number of likely N-dealkylation sites (tertiary alicyclic amines) is 1. The van der Waals surface area contributed by atoms with Gasteiger partial charge in [0.15, 0.2) is 5.82 Å². The van der Waals surface area contributed by atoms with E-state index in [1.54, 1.807) is 7.11 Å². The maximum absolute atomic E-state index is 11.0. The number of para-hydroxylation sites is 1. The minimum Gasteiger partial charge on any atom is -0.496 e. The van der Waals surface area contributed by atoms with Crippen molar-refractivity contribution in [3.8, 4) is 17.1 Å². The second-order valence-electron chi connectivity index (χ2n) is 6.50. The van der Waals surface area contributed by atoms with Crippen LogP contribution < -0.4 is 4.74 Å². The van der Waals surface area contributed by atoms with E-state index in [0.29, 0.717) is 17.7 Å². The van der Waals surface area contributed by atoms with E-state index in [1.807, 2.05) is 36.7 Å². The van der Waals surface area contributed by atoms with Gasteiger partial charge in [0.05, 0.1) is 18.6 Å². The number of fused-ring (bicyclic) bond motifs is 1. The van der Waals surface area contributed by atoms with Gasteiger partial charge in [-0.2, -0.15) is 0 Å². The fourth-order valence-electron chi connectivity index (χ4n) is 3.77. The molecular formula is C18H19N3O3. The summed E-state index contributed by atoms with van der Waals surface area (Å²) in [5.41, 5.74) is 1.92. The molecule has 2 fully saturated rings. The molecule has 124 valence electrons. The SMILES string of the molecule is COc1ccccc1-c1ncc(CN2C[C@@H]3C(C(=O)O)[C@@H]3C2)cn1. The van der Waals surface area contributed by atoms with E-state index in [9.17, 15) is 4.79 Å². The lowest BCUT2D eigenvalue weighted by Gasteiger charge is -2.18. The molecule has 0 spiro atoms. The molecule has 1 aromatic heterocycles. The summed E-state index contributed by atoms with van der Waals surface area (Å²) in [5.74, 6) is 1.29. The van der Waals surface area contributed by atoms with Gasteiger partial charge in [0, 0.05) is 37.6 Å². The number of carboxylic acid groups (broad SMARTS) is 1. The van der Waals surface area contributed by atoms with Crippen LogP contribution in [0.4, 0.5) is 0 Å². The Morgan fingerprint density at radius 1 is 1.25 bits per heavy atom. The van der Waals surface area contributed by atoms with Crippen molar-refractivity contribution in [1.29, 1.82) is 0 Å². The first-order chi connectivity index (χ1) is 11.7. The Labute approximate surface area is 140 Å². The van der Waals surface area contributed by atoms with Gasteiger partial charge in [0.2, 0.25) is 0 Å². The van der Waals surface area contributed by atoms with Crippen LogP contribution in [0.3, 0.4) is 0 Å². The van der Waals surface area contributed by atoms with E-state index in [4.69, 9.17) is 9.84 Å². The zero-order valence-corrected chi connectivity index (χ0v) is 13.4. The van der Waals surface area contributed by atoms with Crippen molar-refractivity contribution < 1.29 is 14.6 Å². The molecule has 2 aromatic rings. The third-order valence-corrected chi connectivity index (χ3v) is 5.01. The van der Waals surface area contributed by atoms with Crippen LogP contribution >= 0.6 is 0 Å². The van der Waals surface area contributed by atoms with Crippen molar-refractivity contribution in [2.45, 2.75) is 6.54 Å². The smallest absolute Gasteiger partial charge is 0.307 e. The number of aromatic nitrogens is 2. The molecule has 0 amide bonds. The van der Waals surface area contributed by atoms with Gasteiger partial charge < -0.3 is 9.84 Å². The molecule has 24 heavy (non-hydrogen) atoms. The molecule has 1 unspecified atom stereocenters. The Bertz CT molecular complexity index is 750. The number of piperidine rings is 1. The molecule has 2 aliphatic rings. The van der Waals surface area contributed by atoms with Crippen molar-refractivity contribution in [3.05, 3.63) is 42.2 Å². The first kappa shape index (κ1) is 15.1. The number of methoxy groups -OCH3 is 1.